The van der Waals surface area contributed by atoms with Crippen LogP contribution in [0.5, 0.6) is 0 Å². The minimum Gasteiger partial charge on any atom is -0.351 e. The maximum absolute atomic E-state index is 12.9. The molecule has 6 heteroatoms. The van der Waals surface area contributed by atoms with Crippen LogP contribution in [-0.4, -0.2) is 23.1 Å². The minimum atomic E-state index is -0.0284. The summed E-state index contributed by atoms with van der Waals surface area (Å²) in [5.41, 5.74) is 7.48. The van der Waals surface area contributed by atoms with Crippen LogP contribution < -0.4 is 16.5 Å². The highest BCUT2D eigenvalue weighted by atomic mass is 35.5. The number of hydrogen-bond acceptors (Lipinski definition) is 3. The Morgan fingerprint density at radius 1 is 1.00 bits per heavy atom. The van der Waals surface area contributed by atoms with Crippen LogP contribution in [-0.2, 0) is 11.3 Å². The largest absolute Gasteiger partial charge is 0.351 e. The monoisotopic (exact) mass is 399 g/mol. The maximum atomic E-state index is 12.9. The molecule has 3 aromatic rings. The molecule has 1 amide bonds. The molecule has 1 heterocycles. The molecule has 2 unspecified atom stereocenters. The number of benzene rings is 2. The van der Waals surface area contributed by atoms with Crippen molar-refractivity contribution in [3.63, 3.8) is 0 Å². The third kappa shape index (κ3) is 3.77. The van der Waals surface area contributed by atoms with Crippen molar-refractivity contribution in [2.45, 2.75) is 38.3 Å². The average molecular weight is 400 g/mol. The number of rotatable bonds is 4. The lowest BCUT2D eigenvalue weighted by Gasteiger charge is -2.31. The standard InChI is InChI=1S/C22H25N3O2.ClH/c23-13-15-7-1-4-10-18(15)24-21(26)14-25-19-11-5-2-8-16(19)22(27)17-9-3-6-12-20(17)25;/h2-3,5-6,8-9,11-12,15,18H,1,4,7,10,13-14,23H2,(H,24,26);1H. The van der Waals surface area contributed by atoms with Gasteiger partial charge in [0, 0.05) is 16.8 Å². The van der Waals surface area contributed by atoms with E-state index in [0.717, 1.165) is 30.3 Å². The number of nitrogens with two attached hydrogens (primary N) is 1. The molecule has 0 aliphatic heterocycles. The average Bonchev–Trinajstić information content (AvgIpc) is 2.71. The number of nitrogens with zero attached hydrogens (tertiary/aromatic N) is 1. The van der Waals surface area contributed by atoms with Gasteiger partial charge in [0.15, 0.2) is 5.43 Å². The summed E-state index contributed by atoms with van der Waals surface area (Å²) in [6, 6.07) is 15.1. The highest BCUT2D eigenvalue weighted by molar-refractivity contribution is 5.94. The number of nitrogens with one attached hydrogen (secondary N) is 1. The Morgan fingerprint density at radius 2 is 1.57 bits per heavy atom. The molecule has 0 radical (unpaired) electrons. The topological polar surface area (TPSA) is 77.1 Å². The van der Waals surface area contributed by atoms with E-state index >= 15 is 0 Å². The van der Waals surface area contributed by atoms with Crippen LogP contribution in [0.25, 0.3) is 21.8 Å². The number of hydrogen-bond donors (Lipinski definition) is 2. The number of pyridine rings is 1. The zero-order valence-electron chi connectivity index (χ0n) is 15.8. The lowest BCUT2D eigenvalue weighted by atomic mass is 9.84. The van der Waals surface area contributed by atoms with Crippen LogP contribution in [0.3, 0.4) is 0 Å². The normalized spacial score (nSPS) is 19.3. The van der Waals surface area contributed by atoms with Crippen molar-refractivity contribution < 1.29 is 4.79 Å². The van der Waals surface area contributed by atoms with E-state index in [-0.39, 0.29) is 36.3 Å². The molecule has 28 heavy (non-hydrogen) atoms. The highest BCUT2D eigenvalue weighted by Crippen LogP contribution is 2.24. The lowest BCUT2D eigenvalue weighted by molar-refractivity contribution is -0.122. The zero-order chi connectivity index (χ0) is 18.8. The van der Waals surface area contributed by atoms with E-state index in [1.807, 2.05) is 53.1 Å². The Bertz CT molecular complexity index is 987. The predicted octanol–water partition coefficient (Wildman–Crippen LogP) is 3.21. The maximum Gasteiger partial charge on any atom is 0.240 e. The lowest BCUT2D eigenvalue weighted by Crippen LogP contribution is -2.45. The van der Waals surface area contributed by atoms with Crippen molar-refractivity contribution in [1.29, 1.82) is 0 Å². The fourth-order valence-electron chi connectivity index (χ4n) is 4.32. The fourth-order valence-corrected chi connectivity index (χ4v) is 4.32. The Kier molecular flexibility index (Phi) is 6.37. The van der Waals surface area contributed by atoms with E-state index in [4.69, 9.17) is 5.73 Å². The van der Waals surface area contributed by atoms with Gasteiger partial charge in [0.05, 0.1) is 11.0 Å². The molecular weight excluding hydrogens is 374 g/mol. The van der Waals surface area contributed by atoms with Crippen molar-refractivity contribution in [3.8, 4) is 0 Å². The number of fused-ring (bicyclic) bond motifs is 2. The fraction of sp³-hybridized carbons (Fsp3) is 0.364. The van der Waals surface area contributed by atoms with E-state index in [9.17, 15) is 9.59 Å². The summed E-state index contributed by atoms with van der Waals surface area (Å²) in [6.45, 7) is 0.796. The highest BCUT2D eigenvalue weighted by Gasteiger charge is 2.25. The van der Waals surface area contributed by atoms with Crippen LogP contribution >= 0.6 is 12.4 Å². The summed E-state index contributed by atoms with van der Waals surface area (Å²) in [6.07, 6.45) is 4.37. The van der Waals surface area contributed by atoms with Gasteiger partial charge in [-0.1, -0.05) is 37.1 Å². The summed E-state index contributed by atoms with van der Waals surface area (Å²) >= 11 is 0. The summed E-state index contributed by atoms with van der Waals surface area (Å²) in [7, 11) is 0. The first-order valence-electron chi connectivity index (χ1n) is 9.68. The van der Waals surface area contributed by atoms with Gasteiger partial charge in [0.2, 0.25) is 5.91 Å². The molecule has 0 bridgehead atoms. The summed E-state index contributed by atoms with van der Waals surface area (Å²) < 4.78 is 1.95. The zero-order valence-corrected chi connectivity index (χ0v) is 16.6. The number of carbonyl (C=O) groups is 1. The third-order valence-corrected chi connectivity index (χ3v) is 5.74. The van der Waals surface area contributed by atoms with Gasteiger partial charge >= 0.3 is 0 Å². The second-order valence-corrected chi connectivity index (χ2v) is 7.40. The molecule has 148 valence electrons. The Labute approximate surface area is 170 Å². The van der Waals surface area contributed by atoms with E-state index in [0.29, 0.717) is 23.2 Å². The molecule has 1 aromatic heterocycles. The number of carbonyl (C=O) groups excluding carboxylic acids is 1. The summed E-state index contributed by atoms with van der Waals surface area (Å²) in [4.78, 5) is 25.7. The first-order valence-corrected chi connectivity index (χ1v) is 9.68. The van der Waals surface area contributed by atoms with Gasteiger partial charge < -0.3 is 15.6 Å². The van der Waals surface area contributed by atoms with Crippen LogP contribution in [0.15, 0.2) is 53.3 Å². The molecular formula is C22H26ClN3O2. The van der Waals surface area contributed by atoms with Crippen LogP contribution in [0.2, 0.25) is 0 Å². The van der Waals surface area contributed by atoms with Gasteiger partial charge in [0.25, 0.3) is 0 Å². The smallest absolute Gasteiger partial charge is 0.240 e. The van der Waals surface area contributed by atoms with Crippen LogP contribution in [0.4, 0.5) is 0 Å². The number of halogens is 1. The van der Waals surface area contributed by atoms with Crippen molar-refractivity contribution in [1.82, 2.24) is 9.88 Å². The Balaban J connectivity index is 0.00000225. The molecule has 3 N–H and O–H groups in total. The van der Waals surface area contributed by atoms with Gasteiger partial charge in [-0.05, 0) is 49.6 Å². The second-order valence-electron chi connectivity index (χ2n) is 7.40. The molecule has 4 rings (SSSR count). The number of aromatic nitrogens is 1. The van der Waals surface area contributed by atoms with Crippen LogP contribution in [0, 0.1) is 5.92 Å². The van der Waals surface area contributed by atoms with Crippen molar-refractivity contribution in [2.75, 3.05) is 6.54 Å². The van der Waals surface area contributed by atoms with E-state index in [1.165, 1.54) is 6.42 Å². The van der Waals surface area contributed by atoms with Gasteiger partial charge in [-0.25, -0.2) is 0 Å². The van der Waals surface area contributed by atoms with Gasteiger partial charge in [-0.3, -0.25) is 9.59 Å². The second kappa shape index (κ2) is 8.76. The minimum absolute atomic E-state index is 0. The molecule has 2 aromatic carbocycles. The Morgan fingerprint density at radius 3 is 2.18 bits per heavy atom. The molecule has 1 fully saturated rings. The predicted molar refractivity (Wildman–Crippen MR) is 116 cm³/mol. The SMILES string of the molecule is Cl.NCC1CCCCC1NC(=O)Cn1c2ccccc2c(=O)c2ccccc21. The van der Waals surface area contributed by atoms with Gasteiger partial charge in [-0.15, -0.1) is 12.4 Å². The first kappa shape index (κ1) is 20.4. The molecule has 1 aliphatic rings. The van der Waals surface area contributed by atoms with Crippen LogP contribution in [0.1, 0.15) is 25.7 Å². The molecule has 0 saturated heterocycles. The Hall–Kier alpha value is -2.37. The summed E-state index contributed by atoms with van der Waals surface area (Å²) in [5, 5.41) is 4.48. The summed E-state index contributed by atoms with van der Waals surface area (Å²) in [5.74, 6) is 0.324. The van der Waals surface area contributed by atoms with Crippen molar-refractivity contribution in [2.24, 2.45) is 11.7 Å². The molecule has 1 saturated carbocycles. The van der Waals surface area contributed by atoms with E-state index in [2.05, 4.69) is 5.32 Å². The molecule has 1 aliphatic carbocycles. The van der Waals surface area contributed by atoms with E-state index < -0.39 is 0 Å². The molecule has 0 spiro atoms. The van der Waals surface area contributed by atoms with Gasteiger partial charge in [-0.2, -0.15) is 0 Å². The number of para-hydroxylation sites is 2. The van der Waals surface area contributed by atoms with Crippen molar-refractivity contribution in [3.05, 3.63) is 58.8 Å². The van der Waals surface area contributed by atoms with E-state index in [1.54, 1.807) is 0 Å². The molecule has 2 atom stereocenters. The first-order chi connectivity index (χ1) is 13.2. The van der Waals surface area contributed by atoms with Crippen molar-refractivity contribution >= 4 is 40.1 Å². The number of amides is 1. The quantitative estimate of drug-likeness (QED) is 0.661. The molecule has 5 nitrogen and oxygen atoms in total. The third-order valence-electron chi connectivity index (χ3n) is 5.74. The van der Waals surface area contributed by atoms with Gasteiger partial charge in [0.1, 0.15) is 6.54 Å².